The zero-order valence-electron chi connectivity index (χ0n) is 19.7. The van der Waals surface area contributed by atoms with E-state index in [0.29, 0.717) is 11.4 Å². The Kier molecular flexibility index (Phi) is 9.90. The van der Waals surface area contributed by atoms with Crippen LogP contribution in [0.4, 0.5) is 0 Å². The first-order valence-corrected chi connectivity index (χ1v) is 11.0. The number of nitrogens with zero attached hydrogens (tertiary/aromatic N) is 2. The van der Waals surface area contributed by atoms with E-state index >= 15 is 0 Å². The maximum absolute atomic E-state index is 13.1. The summed E-state index contributed by atoms with van der Waals surface area (Å²) >= 11 is 0. The summed E-state index contributed by atoms with van der Waals surface area (Å²) in [5, 5.41) is 26.4. The van der Waals surface area contributed by atoms with E-state index in [1.807, 2.05) is 0 Å². The van der Waals surface area contributed by atoms with E-state index in [1.54, 1.807) is 13.8 Å². The lowest BCUT2D eigenvalue weighted by atomic mass is 10.0. The van der Waals surface area contributed by atoms with E-state index in [0.717, 1.165) is 0 Å². The number of hydrogen-bond acceptors (Lipinski definition) is 8. The van der Waals surface area contributed by atoms with Crippen LogP contribution in [0.15, 0.2) is 25.0 Å². The topological polar surface area (TPSA) is 228 Å². The van der Waals surface area contributed by atoms with Gasteiger partial charge < -0.3 is 41.9 Å². The average molecular weight is 493 g/mol. The first-order valence-electron chi connectivity index (χ1n) is 11.0. The molecule has 0 saturated heterocycles. The van der Waals surface area contributed by atoms with Crippen LogP contribution >= 0.6 is 0 Å². The number of nitrogens with one attached hydrogen (secondary N) is 5. The number of aromatic nitrogens is 4. The fourth-order valence-corrected chi connectivity index (χ4v) is 3.25. The molecule has 9 N–H and O–H groups in total. The second-order valence-electron chi connectivity index (χ2n) is 8.52. The van der Waals surface area contributed by atoms with Crippen LogP contribution in [0.1, 0.15) is 32.2 Å². The molecule has 35 heavy (non-hydrogen) atoms. The van der Waals surface area contributed by atoms with Gasteiger partial charge in [0.2, 0.25) is 17.7 Å². The van der Waals surface area contributed by atoms with Crippen molar-refractivity contribution in [2.24, 2.45) is 11.7 Å². The lowest BCUT2D eigenvalue weighted by Gasteiger charge is -2.27. The molecule has 2 rings (SSSR count). The summed E-state index contributed by atoms with van der Waals surface area (Å²) in [6.07, 6.45) is 4.60. The summed E-state index contributed by atoms with van der Waals surface area (Å²) < 4.78 is 0. The minimum Gasteiger partial charge on any atom is -0.480 e. The van der Waals surface area contributed by atoms with Gasteiger partial charge in [-0.15, -0.1) is 0 Å². The number of H-pyrrole nitrogens is 2. The summed E-state index contributed by atoms with van der Waals surface area (Å²) in [7, 11) is 0. The highest BCUT2D eigenvalue weighted by Crippen LogP contribution is 2.07. The second kappa shape index (κ2) is 12.6. The molecule has 0 aromatic carbocycles. The maximum atomic E-state index is 13.1. The number of aliphatic hydroxyl groups is 1. The Labute approximate surface area is 201 Å². The summed E-state index contributed by atoms with van der Waals surface area (Å²) in [5.74, 6) is -3.85. The lowest BCUT2D eigenvalue weighted by molar-refractivity contribution is -0.145. The number of carboxylic acid groups (broad SMARTS) is 1. The largest absolute Gasteiger partial charge is 0.480 e. The van der Waals surface area contributed by atoms with Crippen LogP contribution in [0.2, 0.25) is 0 Å². The zero-order valence-corrected chi connectivity index (χ0v) is 19.7. The molecule has 5 atom stereocenters. The van der Waals surface area contributed by atoms with Crippen LogP contribution in [0.5, 0.6) is 0 Å². The van der Waals surface area contributed by atoms with Gasteiger partial charge in [-0.1, -0.05) is 13.8 Å². The Morgan fingerprint density at radius 2 is 1.43 bits per heavy atom. The number of aliphatic carboxylic acids is 1. The van der Waals surface area contributed by atoms with Gasteiger partial charge in [-0.2, -0.15) is 0 Å². The molecule has 14 heteroatoms. The summed E-state index contributed by atoms with van der Waals surface area (Å²) in [4.78, 5) is 63.4. The van der Waals surface area contributed by atoms with Crippen molar-refractivity contribution in [3.63, 3.8) is 0 Å². The molecule has 0 saturated carbocycles. The Morgan fingerprint density at radius 1 is 0.886 bits per heavy atom. The molecular weight excluding hydrogens is 460 g/mol. The van der Waals surface area contributed by atoms with Crippen LogP contribution in [-0.2, 0) is 32.0 Å². The fraction of sp³-hybridized carbons (Fsp3) is 0.524. The minimum atomic E-state index is -1.58. The molecule has 0 spiro atoms. The highest BCUT2D eigenvalue weighted by Gasteiger charge is 2.33. The first kappa shape index (κ1) is 27.5. The quantitative estimate of drug-likeness (QED) is 0.152. The van der Waals surface area contributed by atoms with Gasteiger partial charge in [-0.3, -0.25) is 14.4 Å². The van der Waals surface area contributed by atoms with E-state index in [9.17, 15) is 29.4 Å². The van der Waals surface area contributed by atoms with E-state index in [2.05, 4.69) is 35.9 Å². The fourth-order valence-electron chi connectivity index (χ4n) is 3.25. The molecule has 2 aromatic rings. The van der Waals surface area contributed by atoms with E-state index < -0.39 is 54.0 Å². The molecule has 3 amide bonds. The molecule has 2 heterocycles. The number of carbonyl (C=O) groups excluding carboxylic acids is 3. The summed E-state index contributed by atoms with van der Waals surface area (Å²) in [5.41, 5.74) is 7.12. The van der Waals surface area contributed by atoms with Crippen LogP contribution in [-0.4, -0.2) is 84.1 Å². The van der Waals surface area contributed by atoms with Crippen LogP contribution in [0.3, 0.4) is 0 Å². The summed E-state index contributed by atoms with van der Waals surface area (Å²) in [6, 6.07) is -4.78. The van der Waals surface area contributed by atoms with Crippen molar-refractivity contribution in [2.75, 3.05) is 0 Å². The number of amides is 3. The molecule has 0 radical (unpaired) electrons. The van der Waals surface area contributed by atoms with Gasteiger partial charge in [0, 0.05) is 36.6 Å². The van der Waals surface area contributed by atoms with Gasteiger partial charge in [-0.05, 0) is 12.8 Å². The normalized spacial score (nSPS) is 15.5. The van der Waals surface area contributed by atoms with Gasteiger partial charge in [0.1, 0.15) is 12.1 Å². The van der Waals surface area contributed by atoms with Crippen molar-refractivity contribution in [1.29, 1.82) is 0 Å². The van der Waals surface area contributed by atoms with E-state index in [-0.39, 0.29) is 18.8 Å². The highest BCUT2D eigenvalue weighted by atomic mass is 16.4. The second-order valence-corrected chi connectivity index (χ2v) is 8.52. The Bertz CT molecular complexity index is 976. The SMILES string of the molecule is CC(C)C(NC(=O)C(N)Cc1cnc[nH]1)C(=O)NC(Cc1cnc[nH]1)C(=O)NC(C(=O)O)C(C)O. The summed E-state index contributed by atoms with van der Waals surface area (Å²) in [6.45, 7) is 4.64. The molecule has 0 bridgehead atoms. The molecular formula is C21H32N8O6. The van der Waals surface area contributed by atoms with Gasteiger partial charge in [0.25, 0.3) is 0 Å². The van der Waals surface area contributed by atoms with Crippen molar-refractivity contribution < 1.29 is 29.4 Å². The molecule has 0 aliphatic carbocycles. The average Bonchev–Trinajstić information content (AvgIpc) is 3.48. The van der Waals surface area contributed by atoms with Gasteiger partial charge in [0.15, 0.2) is 6.04 Å². The molecule has 0 aliphatic heterocycles. The molecule has 5 unspecified atom stereocenters. The monoisotopic (exact) mass is 492 g/mol. The Hall–Kier alpha value is -3.78. The molecule has 0 aliphatic rings. The van der Waals surface area contributed by atoms with E-state index in [1.165, 1.54) is 32.0 Å². The van der Waals surface area contributed by atoms with Crippen molar-refractivity contribution in [3.05, 3.63) is 36.4 Å². The molecule has 2 aromatic heterocycles. The number of hydrogen-bond donors (Lipinski definition) is 8. The van der Waals surface area contributed by atoms with E-state index in [4.69, 9.17) is 5.73 Å². The zero-order chi connectivity index (χ0) is 26.1. The smallest absolute Gasteiger partial charge is 0.328 e. The number of aliphatic hydroxyl groups excluding tert-OH is 1. The first-order chi connectivity index (χ1) is 16.5. The van der Waals surface area contributed by atoms with Gasteiger partial charge >= 0.3 is 5.97 Å². The number of rotatable bonds is 13. The number of nitrogens with two attached hydrogens (primary N) is 1. The Balaban J connectivity index is 2.13. The van der Waals surface area contributed by atoms with Crippen molar-refractivity contribution in [2.45, 2.75) is 63.9 Å². The predicted octanol–water partition coefficient (Wildman–Crippen LogP) is -2.18. The lowest BCUT2D eigenvalue weighted by Crippen LogP contribution is -2.59. The van der Waals surface area contributed by atoms with Crippen LogP contribution < -0.4 is 21.7 Å². The molecule has 0 fully saturated rings. The third kappa shape index (κ3) is 8.19. The standard InChI is InChI=1S/C21H32N8O6/c1-10(2)16(28-18(31)14(22)4-12-6-23-8-25-12)20(33)27-15(5-13-7-24-9-26-13)19(32)29-17(11(3)30)21(34)35/h6-11,14-17,30H,4-5,22H2,1-3H3,(H,23,25)(H,24,26)(H,27,33)(H,28,31)(H,29,32)(H,34,35). The highest BCUT2D eigenvalue weighted by molar-refractivity contribution is 5.94. The minimum absolute atomic E-state index is 0.0399. The third-order valence-corrected chi connectivity index (χ3v) is 5.24. The molecule has 14 nitrogen and oxygen atoms in total. The Morgan fingerprint density at radius 3 is 1.89 bits per heavy atom. The predicted molar refractivity (Wildman–Crippen MR) is 123 cm³/mol. The van der Waals surface area contributed by atoms with Gasteiger partial charge in [-0.25, -0.2) is 14.8 Å². The van der Waals surface area contributed by atoms with Crippen molar-refractivity contribution in [1.82, 2.24) is 35.9 Å². The molecule has 192 valence electrons. The number of carbonyl (C=O) groups is 4. The maximum Gasteiger partial charge on any atom is 0.328 e. The van der Waals surface area contributed by atoms with Crippen LogP contribution in [0, 0.1) is 5.92 Å². The number of imidazole rings is 2. The third-order valence-electron chi connectivity index (χ3n) is 5.24. The number of carboxylic acids is 1. The van der Waals surface area contributed by atoms with Crippen molar-refractivity contribution in [3.8, 4) is 0 Å². The van der Waals surface area contributed by atoms with Crippen molar-refractivity contribution >= 4 is 23.7 Å². The van der Waals surface area contributed by atoms with Crippen LogP contribution in [0.25, 0.3) is 0 Å². The van der Waals surface area contributed by atoms with Gasteiger partial charge in [0.05, 0.1) is 24.8 Å². The number of aromatic amines is 2.